The summed E-state index contributed by atoms with van der Waals surface area (Å²) in [6.45, 7) is 4.71. The fourth-order valence-corrected chi connectivity index (χ4v) is 5.21. The molecular formula is C25H22ClN5O5S. The van der Waals surface area contributed by atoms with Gasteiger partial charge >= 0.3 is 6.09 Å². The number of sulfonamides is 1. The number of hydrogen-bond acceptors (Lipinski definition) is 7. The first-order valence-electron chi connectivity index (χ1n) is 11.3. The Labute approximate surface area is 217 Å². The molecule has 5 rings (SSSR count). The van der Waals surface area contributed by atoms with E-state index in [9.17, 15) is 18.0 Å². The molecule has 37 heavy (non-hydrogen) atoms. The quantitative estimate of drug-likeness (QED) is 0.395. The molecule has 12 heteroatoms. The molecule has 2 aromatic heterocycles. The fraction of sp³-hybridized carbons (Fsp3) is 0.200. The molecule has 2 aromatic carbocycles. The standard InChI is InChI=1S/C25H22ClN5O5S/c1-15-3-7-19(8-4-15)37(34,35)29-24(32)22-10-9-21-23(28-22)31(16(2)27-21)14-17-5-6-18(13-20(17)26)30-11-12-36-25(30)33/h3-10,13H,11-12,14H2,1-2H3,(H,29,32). The number of aryl methyl sites for hydroxylation is 2. The van der Waals surface area contributed by atoms with Gasteiger partial charge in [0.1, 0.15) is 23.6 Å². The number of hydrogen-bond donors (Lipinski definition) is 1. The number of rotatable bonds is 6. The molecule has 0 saturated carbocycles. The van der Waals surface area contributed by atoms with E-state index in [1.807, 2.05) is 6.92 Å². The lowest BCUT2D eigenvalue weighted by Crippen LogP contribution is -2.31. The molecule has 1 aliphatic heterocycles. The molecular weight excluding hydrogens is 518 g/mol. The third-order valence-corrected chi connectivity index (χ3v) is 7.71. The minimum atomic E-state index is -4.07. The Kier molecular flexibility index (Phi) is 6.34. The third-order valence-electron chi connectivity index (χ3n) is 6.01. The highest BCUT2D eigenvalue weighted by atomic mass is 35.5. The number of nitrogens with zero attached hydrogens (tertiary/aromatic N) is 4. The van der Waals surface area contributed by atoms with E-state index in [4.69, 9.17) is 16.3 Å². The molecule has 190 valence electrons. The Morgan fingerprint density at radius 2 is 1.84 bits per heavy atom. The van der Waals surface area contributed by atoms with Crippen LogP contribution in [0, 0.1) is 13.8 Å². The number of nitrogens with one attached hydrogen (secondary N) is 1. The van der Waals surface area contributed by atoms with Crippen molar-refractivity contribution in [3.05, 3.63) is 82.3 Å². The van der Waals surface area contributed by atoms with Crippen LogP contribution in [0.3, 0.4) is 0 Å². The van der Waals surface area contributed by atoms with Gasteiger partial charge in [0, 0.05) is 10.7 Å². The van der Waals surface area contributed by atoms with Crippen molar-refractivity contribution in [1.29, 1.82) is 0 Å². The number of pyridine rings is 1. The second-order valence-corrected chi connectivity index (χ2v) is 10.7. The summed E-state index contributed by atoms with van der Waals surface area (Å²) in [7, 11) is -4.07. The number of ether oxygens (including phenoxy) is 1. The molecule has 0 unspecified atom stereocenters. The Hall–Kier alpha value is -3.96. The summed E-state index contributed by atoms with van der Waals surface area (Å²) in [5.41, 5.74) is 3.16. The zero-order chi connectivity index (χ0) is 26.3. The van der Waals surface area contributed by atoms with E-state index in [-0.39, 0.29) is 10.6 Å². The van der Waals surface area contributed by atoms with E-state index in [0.29, 0.717) is 47.4 Å². The molecule has 0 radical (unpaired) electrons. The summed E-state index contributed by atoms with van der Waals surface area (Å²) < 4.78 is 34.2. The molecule has 0 bridgehead atoms. The van der Waals surface area contributed by atoms with Gasteiger partial charge in [0.25, 0.3) is 15.9 Å². The van der Waals surface area contributed by atoms with Crippen molar-refractivity contribution in [2.75, 3.05) is 18.1 Å². The van der Waals surface area contributed by atoms with E-state index >= 15 is 0 Å². The highest BCUT2D eigenvalue weighted by Gasteiger charge is 2.24. The molecule has 2 amide bonds. The maximum absolute atomic E-state index is 12.8. The second kappa shape index (κ2) is 9.49. The number of cyclic esters (lactones) is 1. The van der Waals surface area contributed by atoms with Gasteiger partial charge in [-0.25, -0.2) is 27.9 Å². The van der Waals surface area contributed by atoms with Crippen molar-refractivity contribution in [2.24, 2.45) is 0 Å². The van der Waals surface area contributed by atoms with Gasteiger partial charge in [-0.2, -0.15) is 0 Å². The van der Waals surface area contributed by atoms with E-state index in [2.05, 4.69) is 14.7 Å². The first-order valence-corrected chi connectivity index (χ1v) is 13.2. The highest BCUT2D eigenvalue weighted by molar-refractivity contribution is 7.90. The van der Waals surface area contributed by atoms with Gasteiger partial charge < -0.3 is 9.30 Å². The second-order valence-electron chi connectivity index (χ2n) is 8.57. The van der Waals surface area contributed by atoms with Crippen LogP contribution in [0.4, 0.5) is 10.5 Å². The van der Waals surface area contributed by atoms with E-state index < -0.39 is 22.0 Å². The predicted octanol–water partition coefficient (Wildman–Crippen LogP) is 3.83. The molecule has 1 fully saturated rings. The van der Waals surface area contributed by atoms with Crippen LogP contribution in [0.5, 0.6) is 0 Å². The summed E-state index contributed by atoms with van der Waals surface area (Å²) in [5.74, 6) is -0.219. The van der Waals surface area contributed by atoms with E-state index in [1.54, 1.807) is 47.9 Å². The molecule has 10 nitrogen and oxygen atoms in total. The minimum Gasteiger partial charge on any atom is -0.447 e. The van der Waals surface area contributed by atoms with Gasteiger partial charge in [-0.05, 0) is 55.8 Å². The monoisotopic (exact) mass is 539 g/mol. The number of imidazole rings is 1. The average molecular weight is 540 g/mol. The largest absolute Gasteiger partial charge is 0.447 e. The van der Waals surface area contributed by atoms with Crippen molar-refractivity contribution in [3.63, 3.8) is 0 Å². The Morgan fingerprint density at radius 1 is 1.08 bits per heavy atom. The lowest BCUT2D eigenvalue weighted by Gasteiger charge is -2.15. The van der Waals surface area contributed by atoms with Crippen LogP contribution in [0.15, 0.2) is 59.5 Å². The van der Waals surface area contributed by atoms with Gasteiger partial charge in [-0.1, -0.05) is 35.4 Å². The summed E-state index contributed by atoms with van der Waals surface area (Å²) in [4.78, 5) is 35.1. The summed E-state index contributed by atoms with van der Waals surface area (Å²) >= 11 is 6.53. The normalized spacial score (nSPS) is 13.7. The number of aromatic nitrogens is 3. The molecule has 0 spiro atoms. The van der Waals surface area contributed by atoms with Gasteiger partial charge in [0.05, 0.1) is 18.0 Å². The minimum absolute atomic E-state index is 0.0197. The topological polar surface area (TPSA) is 123 Å². The van der Waals surface area contributed by atoms with Crippen LogP contribution >= 0.6 is 11.6 Å². The van der Waals surface area contributed by atoms with Crippen LogP contribution in [0.1, 0.15) is 27.4 Å². The van der Waals surface area contributed by atoms with Crippen LogP contribution in [0.2, 0.25) is 5.02 Å². The van der Waals surface area contributed by atoms with Gasteiger partial charge in [-0.3, -0.25) is 9.69 Å². The molecule has 0 aliphatic carbocycles. The van der Waals surface area contributed by atoms with Crippen molar-refractivity contribution >= 4 is 50.5 Å². The van der Waals surface area contributed by atoms with E-state index in [1.165, 1.54) is 23.1 Å². The molecule has 4 aromatic rings. The van der Waals surface area contributed by atoms with Crippen molar-refractivity contribution < 1.29 is 22.7 Å². The Morgan fingerprint density at radius 3 is 2.51 bits per heavy atom. The lowest BCUT2D eigenvalue weighted by molar-refractivity contribution is 0.0976. The number of benzene rings is 2. The van der Waals surface area contributed by atoms with Gasteiger partial charge in [0.15, 0.2) is 5.65 Å². The predicted molar refractivity (Wildman–Crippen MR) is 137 cm³/mol. The average Bonchev–Trinajstić information content (AvgIpc) is 3.42. The SMILES string of the molecule is Cc1ccc(S(=O)(=O)NC(=O)c2ccc3nc(C)n(Cc4ccc(N5CCOC5=O)cc4Cl)c3n2)cc1. The first kappa shape index (κ1) is 24.7. The van der Waals surface area contributed by atoms with Crippen LogP contribution in [-0.4, -0.2) is 48.1 Å². The van der Waals surface area contributed by atoms with Crippen molar-refractivity contribution in [3.8, 4) is 0 Å². The highest BCUT2D eigenvalue weighted by Crippen LogP contribution is 2.27. The molecule has 0 atom stereocenters. The Bertz CT molecular complexity index is 1650. The summed E-state index contributed by atoms with van der Waals surface area (Å²) in [6.07, 6.45) is -0.417. The zero-order valence-corrected chi connectivity index (χ0v) is 21.5. The summed E-state index contributed by atoms with van der Waals surface area (Å²) in [6, 6.07) is 14.5. The number of fused-ring (bicyclic) bond motifs is 1. The number of halogens is 1. The molecule has 1 aliphatic rings. The number of carbonyl (C=O) groups is 2. The van der Waals surface area contributed by atoms with Crippen LogP contribution < -0.4 is 9.62 Å². The zero-order valence-electron chi connectivity index (χ0n) is 19.9. The van der Waals surface area contributed by atoms with Crippen LogP contribution in [0.25, 0.3) is 11.2 Å². The third kappa shape index (κ3) is 4.87. The molecule has 3 heterocycles. The Balaban J connectivity index is 1.42. The maximum Gasteiger partial charge on any atom is 0.414 e. The number of carbonyl (C=O) groups excluding carboxylic acids is 2. The van der Waals surface area contributed by atoms with Crippen molar-refractivity contribution in [1.82, 2.24) is 19.3 Å². The maximum atomic E-state index is 12.8. The van der Waals surface area contributed by atoms with Crippen molar-refractivity contribution in [2.45, 2.75) is 25.3 Å². The summed E-state index contributed by atoms with van der Waals surface area (Å²) in [5, 5.41) is 0.441. The number of anilines is 1. The van der Waals surface area contributed by atoms with E-state index in [0.717, 1.165) is 11.1 Å². The van der Waals surface area contributed by atoms with Gasteiger partial charge in [-0.15, -0.1) is 0 Å². The van der Waals surface area contributed by atoms with Gasteiger partial charge in [0.2, 0.25) is 0 Å². The smallest absolute Gasteiger partial charge is 0.414 e. The fourth-order valence-electron chi connectivity index (χ4n) is 4.01. The molecule has 1 saturated heterocycles. The lowest BCUT2D eigenvalue weighted by atomic mass is 10.2. The van der Waals surface area contributed by atoms with Crippen LogP contribution in [-0.2, 0) is 21.3 Å². The molecule has 1 N–H and O–H groups in total. The first-order chi connectivity index (χ1) is 17.6. The number of amides is 2.